The van der Waals surface area contributed by atoms with Gasteiger partial charge in [-0.3, -0.25) is 5.32 Å². The number of aliphatic imine (C=N–C) groups is 1. The highest BCUT2D eigenvalue weighted by Crippen LogP contribution is 2.49. The van der Waals surface area contributed by atoms with E-state index in [4.69, 9.17) is 4.99 Å². The Kier molecular flexibility index (Phi) is 6.78. The van der Waals surface area contributed by atoms with Crippen LogP contribution in [0.3, 0.4) is 0 Å². The summed E-state index contributed by atoms with van der Waals surface area (Å²) in [6, 6.07) is 56.4. The molecule has 240 valence electrons. The number of rotatable bonds is 5. The normalized spacial score (nSPS) is 21.0. The highest BCUT2D eigenvalue weighted by molar-refractivity contribution is 6.10. The van der Waals surface area contributed by atoms with Crippen molar-refractivity contribution < 1.29 is 0 Å². The number of benzene rings is 6. The minimum absolute atomic E-state index is 0.0669. The Morgan fingerprint density at radius 1 is 0.580 bits per heavy atom. The van der Waals surface area contributed by atoms with Gasteiger partial charge in [0.1, 0.15) is 18.2 Å². The number of aromatic nitrogens is 1. The summed E-state index contributed by atoms with van der Waals surface area (Å²) in [5.41, 5.74) is 10.9. The van der Waals surface area contributed by atoms with E-state index < -0.39 is 0 Å². The molecule has 4 atom stereocenters. The highest BCUT2D eigenvalue weighted by Gasteiger charge is 2.38. The molecule has 3 aliphatic rings. The van der Waals surface area contributed by atoms with Crippen molar-refractivity contribution in [1.29, 1.82) is 0 Å². The Morgan fingerprint density at radius 3 is 1.96 bits per heavy atom. The van der Waals surface area contributed by atoms with E-state index >= 15 is 0 Å². The van der Waals surface area contributed by atoms with Gasteiger partial charge in [0.25, 0.3) is 0 Å². The van der Waals surface area contributed by atoms with Gasteiger partial charge in [0, 0.05) is 39.3 Å². The van der Waals surface area contributed by atoms with E-state index in [1.54, 1.807) is 0 Å². The lowest BCUT2D eigenvalue weighted by Gasteiger charge is -2.33. The number of fused-ring (bicyclic) bond motifs is 6. The number of amidine groups is 1. The van der Waals surface area contributed by atoms with Crippen molar-refractivity contribution in [2.75, 3.05) is 4.90 Å². The summed E-state index contributed by atoms with van der Waals surface area (Å²) in [6.07, 6.45) is 6.92. The van der Waals surface area contributed by atoms with Gasteiger partial charge in [-0.25, -0.2) is 4.99 Å². The molecule has 0 radical (unpaired) electrons. The zero-order valence-corrected chi connectivity index (χ0v) is 27.4. The lowest BCUT2D eigenvalue weighted by atomic mass is 9.90. The third-order valence-corrected chi connectivity index (χ3v) is 10.4. The van der Waals surface area contributed by atoms with E-state index in [9.17, 15) is 0 Å². The first kappa shape index (κ1) is 28.8. The summed E-state index contributed by atoms with van der Waals surface area (Å²) in [7, 11) is 0. The van der Waals surface area contributed by atoms with Gasteiger partial charge in [-0.15, -0.1) is 0 Å². The fourth-order valence-electron chi connectivity index (χ4n) is 8.09. The second kappa shape index (κ2) is 11.8. The molecule has 1 aliphatic carbocycles. The van der Waals surface area contributed by atoms with Crippen LogP contribution in [-0.4, -0.2) is 16.4 Å². The molecule has 6 aromatic carbocycles. The molecule has 4 unspecified atom stereocenters. The molecule has 3 heterocycles. The number of anilines is 2. The molecule has 5 nitrogen and oxygen atoms in total. The summed E-state index contributed by atoms with van der Waals surface area (Å²) in [4.78, 5) is 7.66. The standard InChI is InChI=1S/C45H35N5/c1-3-13-30(14-4-1)43-46-44(31-15-5-2-6-16-31)48-45(47-43)32-23-25-33(26-24-32)49-41-22-12-9-19-37(41)38-29-34(27-28-42(38)49)50-39-20-10-7-17-35(39)36-18-8-11-21-40(36)50/h1-29,38,42-43,45,47H,(H,46,48). The van der Waals surface area contributed by atoms with Crippen LogP contribution in [-0.2, 0) is 0 Å². The SMILES string of the molecule is C1=CC2C(C=C1n1c3ccccc3c3ccccc31)c1ccccc1N2c1ccc(C2N=C(c3ccccc3)NC(c3ccccc3)N2)cc1. The van der Waals surface area contributed by atoms with Gasteiger partial charge in [0.05, 0.1) is 17.1 Å². The first-order chi connectivity index (χ1) is 24.8. The molecular formula is C45H35N5. The van der Waals surface area contributed by atoms with Crippen LogP contribution in [0.15, 0.2) is 181 Å². The van der Waals surface area contributed by atoms with Gasteiger partial charge in [-0.05, 0) is 53.1 Å². The van der Waals surface area contributed by atoms with Crippen molar-refractivity contribution >= 4 is 44.7 Å². The monoisotopic (exact) mass is 645 g/mol. The highest BCUT2D eigenvalue weighted by atomic mass is 15.3. The molecule has 0 spiro atoms. The maximum atomic E-state index is 5.16. The van der Waals surface area contributed by atoms with Crippen molar-refractivity contribution in [3.05, 3.63) is 198 Å². The van der Waals surface area contributed by atoms with Crippen molar-refractivity contribution in [3.63, 3.8) is 0 Å². The zero-order valence-electron chi connectivity index (χ0n) is 27.4. The summed E-state index contributed by atoms with van der Waals surface area (Å²) >= 11 is 0. The first-order valence-corrected chi connectivity index (χ1v) is 17.4. The molecule has 2 N–H and O–H groups in total. The number of nitrogens with zero attached hydrogens (tertiary/aromatic N) is 3. The molecule has 5 heteroatoms. The molecule has 0 amide bonds. The molecule has 50 heavy (non-hydrogen) atoms. The maximum absolute atomic E-state index is 5.16. The van der Waals surface area contributed by atoms with Crippen molar-refractivity contribution in [3.8, 4) is 0 Å². The first-order valence-electron chi connectivity index (χ1n) is 17.4. The Balaban J connectivity index is 1.00. The lowest BCUT2D eigenvalue weighted by Crippen LogP contribution is -2.44. The Morgan fingerprint density at radius 2 is 1.22 bits per heavy atom. The van der Waals surface area contributed by atoms with Crippen LogP contribution in [0.4, 0.5) is 11.4 Å². The fourth-order valence-corrected chi connectivity index (χ4v) is 8.09. The van der Waals surface area contributed by atoms with Gasteiger partial charge >= 0.3 is 0 Å². The predicted molar refractivity (Wildman–Crippen MR) is 206 cm³/mol. The van der Waals surface area contributed by atoms with Crippen molar-refractivity contribution in [2.45, 2.75) is 24.3 Å². The maximum Gasteiger partial charge on any atom is 0.131 e. The number of nitrogens with one attached hydrogen (secondary N) is 2. The molecular weight excluding hydrogens is 611 g/mol. The quantitative estimate of drug-likeness (QED) is 0.196. The van der Waals surface area contributed by atoms with Crippen molar-refractivity contribution in [2.24, 2.45) is 4.99 Å². The van der Waals surface area contributed by atoms with Crippen LogP contribution in [0.2, 0.25) is 0 Å². The molecule has 0 saturated carbocycles. The van der Waals surface area contributed by atoms with Gasteiger partial charge < -0.3 is 14.8 Å². The summed E-state index contributed by atoms with van der Waals surface area (Å²) in [6.45, 7) is 0. The van der Waals surface area contributed by atoms with Crippen LogP contribution in [0.1, 0.15) is 40.5 Å². The van der Waals surface area contributed by atoms with Crippen LogP contribution < -0.4 is 15.5 Å². The minimum Gasteiger partial charge on any atom is -0.350 e. The molecule has 7 aromatic rings. The molecule has 10 rings (SSSR count). The van der Waals surface area contributed by atoms with Crippen LogP contribution >= 0.6 is 0 Å². The average molecular weight is 646 g/mol. The molecule has 2 aliphatic heterocycles. The largest absolute Gasteiger partial charge is 0.350 e. The van der Waals surface area contributed by atoms with E-state index in [2.05, 4.69) is 190 Å². The molecule has 0 saturated heterocycles. The Labute approximate surface area is 291 Å². The van der Waals surface area contributed by atoms with E-state index in [1.165, 1.54) is 50.0 Å². The van der Waals surface area contributed by atoms with Gasteiger partial charge in [-0.2, -0.15) is 0 Å². The third-order valence-electron chi connectivity index (χ3n) is 10.4. The Hall–Kier alpha value is -6.17. The predicted octanol–water partition coefficient (Wildman–Crippen LogP) is 9.85. The second-order valence-electron chi connectivity index (χ2n) is 13.3. The van der Waals surface area contributed by atoms with Crippen LogP contribution in [0, 0.1) is 0 Å². The summed E-state index contributed by atoms with van der Waals surface area (Å²) in [5, 5.41) is 9.95. The second-order valence-corrected chi connectivity index (χ2v) is 13.3. The zero-order chi connectivity index (χ0) is 33.0. The number of para-hydroxylation sites is 3. The smallest absolute Gasteiger partial charge is 0.131 e. The van der Waals surface area contributed by atoms with Gasteiger partial charge in [0.15, 0.2) is 0 Å². The average Bonchev–Trinajstić information content (AvgIpc) is 3.71. The fraction of sp³-hybridized carbons (Fsp3) is 0.0889. The third kappa shape index (κ3) is 4.70. The summed E-state index contributed by atoms with van der Waals surface area (Å²) < 4.78 is 2.43. The van der Waals surface area contributed by atoms with Crippen LogP contribution in [0.25, 0.3) is 27.5 Å². The molecule has 0 bridgehead atoms. The van der Waals surface area contributed by atoms with Gasteiger partial charge in [-0.1, -0.05) is 140 Å². The van der Waals surface area contributed by atoms with E-state index in [0.717, 1.165) is 17.0 Å². The minimum atomic E-state index is -0.199. The lowest BCUT2D eigenvalue weighted by molar-refractivity contribution is 0.409. The van der Waals surface area contributed by atoms with Crippen LogP contribution in [0.5, 0.6) is 0 Å². The Bertz CT molecular complexity index is 2400. The number of hydrogen-bond donors (Lipinski definition) is 2. The van der Waals surface area contributed by atoms with E-state index in [1.807, 2.05) is 6.07 Å². The number of hydrogen-bond acceptors (Lipinski definition) is 4. The van der Waals surface area contributed by atoms with Crippen molar-refractivity contribution in [1.82, 2.24) is 15.2 Å². The van der Waals surface area contributed by atoms with E-state index in [-0.39, 0.29) is 24.3 Å². The molecule has 0 fully saturated rings. The topological polar surface area (TPSA) is 44.6 Å². The van der Waals surface area contributed by atoms with Gasteiger partial charge in [0.2, 0.25) is 0 Å². The molecule has 1 aromatic heterocycles. The van der Waals surface area contributed by atoms with E-state index in [0.29, 0.717) is 0 Å². The summed E-state index contributed by atoms with van der Waals surface area (Å²) in [5.74, 6) is 1.11. The number of allylic oxidation sites excluding steroid dienone is 2.